The molecule has 0 bridgehead atoms. The minimum atomic E-state index is 0.109. The van der Waals surface area contributed by atoms with Crippen molar-refractivity contribution in [3.05, 3.63) is 30.6 Å². The number of rotatable bonds is 3. The smallest absolute Gasteiger partial charge is 0.159 e. The fourth-order valence-corrected chi connectivity index (χ4v) is 3.15. The van der Waals surface area contributed by atoms with Gasteiger partial charge in [-0.2, -0.15) is 10.2 Å². The number of nitrogens with zero attached hydrogens (tertiary/aromatic N) is 6. The normalized spacial score (nSPS) is 21.8. The van der Waals surface area contributed by atoms with Gasteiger partial charge in [-0.15, -0.1) is 0 Å². The van der Waals surface area contributed by atoms with Crippen LogP contribution in [0.4, 0.5) is 5.69 Å². The molecule has 1 fully saturated rings. The molecule has 4 heterocycles. The summed E-state index contributed by atoms with van der Waals surface area (Å²) in [5, 5.41) is 12.3. The van der Waals surface area contributed by atoms with E-state index in [4.69, 9.17) is 4.74 Å². The quantitative estimate of drug-likeness (QED) is 0.778. The van der Waals surface area contributed by atoms with Crippen LogP contribution in [0.2, 0.25) is 0 Å². The van der Waals surface area contributed by atoms with Crippen molar-refractivity contribution in [2.75, 3.05) is 18.6 Å². The lowest BCUT2D eigenvalue weighted by atomic mass is 10.1. The van der Waals surface area contributed by atoms with Crippen molar-refractivity contribution in [2.24, 2.45) is 7.05 Å². The van der Waals surface area contributed by atoms with Crippen LogP contribution in [0.15, 0.2) is 24.8 Å². The highest BCUT2D eigenvalue weighted by atomic mass is 16.5. The van der Waals surface area contributed by atoms with Gasteiger partial charge < -0.3 is 9.64 Å². The van der Waals surface area contributed by atoms with E-state index in [2.05, 4.69) is 30.2 Å². The highest BCUT2D eigenvalue weighted by Crippen LogP contribution is 2.38. The van der Waals surface area contributed by atoms with Crippen molar-refractivity contribution >= 4 is 16.7 Å². The van der Waals surface area contributed by atoms with Gasteiger partial charge in [-0.25, -0.2) is 9.97 Å². The maximum atomic E-state index is 5.57. The van der Waals surface area contributed by atoms with E-state index in [0.717, 1.165) is 35.5 Å². The maximum absolute atomic E-state index is 5.57. The summed E-state index contributed by atoms with van der Waals surface area (Å²) in [6, 6.07) is 2.13. The zero-order valence-corrected chi connectivity index (χ0v) is 12.5. The Labute approximate surface area is 127 Å². The van der Waals surface area contributed by atoms with E-state index < -0.39 is 0 Å². The molecule has 0 radical (unpaired) electrons. The van der Waals surface area contributed by atoms with Crippen molar-refractivity contribution in [3.8, 4) is 0 Å². The van der Waals surface area contributed by atoms with E-state index in [1.807, 2.05) is 25.5 Å². The van der Waals surface area contributed by atoms with Crippen molar-refractivity contribution in [1.82, 2.24) is 29.9 Å². The Morgan fingerprint density at radius 2 is 2.27 bits per heavy atom. The molecule has 0 aliphatic carbocycles. The minimum absolute atomic E-state index is 0.109. The second-order valence-corrected chi connectivity index (χ2v) is 5.47. The summed E-state index contributed by atoms with van der Waals surface area (Å²) in [4.78, 5) is 11.0. The van der Waals surface area contributed by atoms with Crippen molar-refractivity contribution in [2.45, 2.75) is 18.6 Å². The lowest BCUT2D eigenvalue weighted by molar-refractivity contribution is 0.118. The molecule has 8 heteroatoms. The number of hydrogen-bond donors (Lipinski definition) is 1. The largest absolute Gasteiger partial charge is 0.380 e. The Balaban J connectivity index is 1.81. The molecule has 1 aliphatic rings. The van der Waals surface area contributed by atoms with Crippen LogP contribution in [0.1, 0.15) is 18.3 Å². The SMILES string of the molecule is CO[C@@H]1C[C@@H](c2ncn[nH]2)N(c2ccnc3c2cnn3C)C1. The molecule has 3 aromatic heterocycles. The number of aromatic nitrogens is 6. The van der Waals surface area contributed by atoms with Crippen molar-refractivity contribution in [1.29, 1.82) is 0 Å². The molecular formula is C14H17N7O. The predicted octanol–water partition coefficient (Wildman–Crippen LogP) is 1.05. The third-order valence-corrected chi connectivity index (χ3v) is 4.27. The molecular weight excluding hydrogens is 282 g/mol. The number of aromatic amines is 1. The van der Waals surface area contributed by atoms with Crippen LogP contribution in [0.25, 0.3) is 11.0 Å². The van der Waals surface area contributed by atoms with Gasteiger partial charge in [0.25, 0.3) is 0 Å². The second-order valence-electron chi connectivity index (χ2n) is 5.47. The Morgan fingerprint density at radius 3 is 3.05 bits per heavy atom. The molecule has 0 spiro atoms. The molecule has 2 atom stereocenters. The lowest BCUT2D eigenvalue weighted by Gasteiger charge is -2.25. The van der Waals surface area contributed by atoms with E-state index in [9.17, 15) is 0 Å². The van der Waals surface area contributed by atoms with Gasteiger partial charge in [-0.05, 0) is 6.07 Å². The van der Waals surface area contributed by atoms with Gasteiger partial charge in [0, 0.05) is 33.3 Å². The molecule has 0 saturated carbocycles. The summed E-state index contributed by atoms with van der Waals surface area (Å²) in [6.45, 7) is 0.801. The number of fused-ring (bicyclic) bond motifs is 1. The first-order valence-corrected chi connectivity index (χ1v) is 7.19. The van der Waals surface area contributed by atoms with E-state index >= 15 is 0 Å². The van der Waals surface area contributed by atoms with Gasteiger partial charge in [0.1, 0.15) is 12.2 Å². The number of hydrogen-bond acceptors (Lipinski definition) is 6. The lowest BCUT2D eigenvalue weighted by Crippen LogP contribution is -2.25. The maximum Gasteiger partial charge on any atom is 0.159 e. The molecule has 0 unspecified atom stereocenters. The van der Waals surface area contributed by atoms with Crippen LogP contribution < -0.4 is 4.90 Å². The summed E-state index contributed by atoms with van der Waals surface area (Å²) >= 11 is 0. The zero-order valence-electron chi connectivity index (χ0n) is 12.5. The van der Waals surface area contributed by atoms with Crippen LogP contribution in [-0.4, -0.2) is 49.7 Å². The van der Waals surface area contributed by atoms with Crippen LogP contribution in [-0.2, 0) is 11.8 Å². The topological polar surface area (TPSA) is 84.8 Å². The fraction of sp³-hybridized carbons (Fsp3) is 0.429. The molecule has 1 N–H and O–H groups in total. The number of aryl methyl sites for hydroxylation is 1. The van der Waals surface area contributed by atoms with Gasteiger partial charge in [0.2, 0.25) is 0 Å². The van der Waals surface area contributed by atoms with E-state index in [1.54, 1.807) is 18.1 Å². The number of nitrogens with one attached hydrogen (secondary N) is 1. The molecule has 0 aromatic carbocycles. The first-order valence-electron chi connectivity index (χ1n) is 7.19. The standard InChI is InChI=1S/C14H17N7O/c1-20-14-10(6-18-20)11(3-4-15-14)21-7-9(22-2)5-12(21)13-16-8-17-19-13/h3-4,6,8-9,12H,5,7H2,1-2H3,(H,16,17,19)/t9-,12+/m1/s1. The van der Waals surface area contributed by atoms with E-state index in [-0.39, 0.29) is 12.1 Å². The molecule has 0 amide bonds. The van der Waals surface area contributed by atoms with Gasteiger partial charge in [0.05, 0.1) is 29.4 Å². The van der Waals surface area contributed by atoms with Crippen LogP contribution in [0, 0.1) is 0 Å². The third-order valence-electron chi connectivity index (χ3n) is 4.27. The van der Waals surface area contributed by atoms with Gasteiger partial charge in [0.15, 0.2) is 5.65 Å². The second kappa shape index (κ2) is 5.06. The molecule has 114 valence electrons. The summed E-state index contributed by atoms with van der Waals surface area (Å²) in [6.07, 6.45) is 6.25. The van der Waals surface area contributed by atoms with Gasteiger partial charge in [-0.1, -0.05) is 0 Å². The molecule has 8 nitrogen and oxygen atoms in total. The van der Waals surface area contributed by atoms with E-state index in [1.165, 1.54) is 0 Å². The fourth-order valence-electron chi connectivity index (χ4n) is 3.15. The molecule has 4 rings (SSSR count). The molecule has 22 heavy (non-hydrogen) atoms. The highest BCUT2D eigenvalue weighted by molar-refractivity contribution is 5.89. The summed E-state index contributed by atoms with van der Waals surface area (Å²) in [5.41, 5.74) is 1.97. The summed E-state index contributed by atoms with van der Waals surface area (Å²) < 4.78 is 7.35. The molecule has 1 saturated heterocycles. The van der Waals surface area contributed by atoms with Gasteiger partial charge >= 0.3 is 0 Å². The zero-order chi connectivity index (χ0) is 15.1. The number of ether oxygens (including phenoxy) is 1. The average Bonchev–Trinajstić information content (AvgIpc) is 3.26. The molecule has 1 aliphatic heterocycles. The average molecular weight is 299 g/mol. The van der Waals surface area contributed by atoms with Gasteiger partial charge in [-0.3, -0.25) is 9.78 Å². The number of H-pyrrole nitrogens is 1. The van der Waals surface area contributed by atoms with Crippen molar-refractivity contribution < 1.29 is 4.74 Å². The Morgan fingerprint density at radius 1 is 1.36 bits per heavy atom. The number of pyridine rings is 1. The first kappa shape index (κ1) is 13.2. The number of methoxy groups -OCH3 is 1. The van der Waals surface area contributed by atoms with Crippen LogP contribution in [0.3, 0.4) is 0 Å². The number of anilines is 1. The Kier molecular flexibility index (Phi) is 3.04. The summed E-state index contributed by atoms with van der Waals surface area (Å²) in [5.74, 6) is 0.855. The third kappa shape index (κ3) is 1.95. The summed E-state index contributed by atoms with van der Waals surface area (Å²) in [7, 11) is 3.65. The molecule has 3 aromatic rings. The monoisotopic (exact) mass is 299 g/mol. The first-order chi connectivity index (χ1) is 10.8. The van der Waals surface area contributed by atoms with Crippen LogP contribution in [0.5, 0.6) is 0 Å². The van der Waals surface area contributed by atoms with Crippen LogP contribution >= 0.6 is 0 Å². The predicted molar refractivity (Wildman–Crippen MR) is 80.4 cm³/mol. The van der Waals surface area contributed by atoms with Crippen molar-refractivity contribution in [3.63, 3.8) is 0 Å². The minimum Gasteiger partial charge on any atom is -0.380 e. The van der Waals surface area contributed by atoms with E-state index in [0.29, 0.717) is 0 Å². The highest BCUT2D eigenvalue weighted by Gasteiger charge is 2.36. The Hall–Kier alpha value is -2.48. The Bertz CT molecular complexity index is 782.